The van der Waals surface area contributed by atoms with E-state index in [1.54, 1.807) is 12.1 Å². The van der Waals surface area contributed by atoms with E-state index in [1.165, 1.54) is 4.52 Å². The summed E-state index contributed by atoms with van der Waals surface area (Å²) >= 11 is 5.93. The van der Waals surface area contributed by atoms with Gasteiger partial charge in [-0.25, -0.2) is 4.52 Å². The molecule has 2 aromatic heterocycles. The van der Waals surface area contributed by atoms with Gasteiger partial charge < -0.3 is 10.0 Å². The number of hydrogen-bond acceptors (Lipinski definition) is 5. The van der Waals surface area contributed by atoms with Crippen LogP contribution in [0.3, 0.4) is 0 Å². The van der Waals surface area contributed by atoms with Gasteiger partial charge in [-0.15, -0.1) is 5.10 Å². The fourth-order valence-corrected chi connectivity index (χ4v) is 2.74. The van der Waals surface area contributed by atoms with E-state index in [0.717, 1.165) is 31.2 Å². The van der Waals surface area contributed by atoms with Crippen LogP contribution < -0.4 is 4.90 Å². The minimum Gasteiger partial charge on any atom is -0.394 e. The Morgan fingerprint density at radius 2 is 2.37 bits per heavy atom. The van der Waals surface area contributed by atoms with Gasteiger partial charge in [0.1, 0.15) is 11.2 Å². The van der Waals surface area contributed by atoms with E-state index >= 15 is 0 Å². The Balaban J connectivity index is 2.17. The summed E-state index contributed by atoms with van der Waals surface area (Å²) < 4.78 is 1.49. The lowest BCUT2D eigenvalue weighted by atomic mass is 10.2. The van der Waals surface area contributed by atoms with E-state index < -0.39 is 0 Å². The van der Waals surface area contributed by atoms with Gasteiger partial charge in [0.2, 0.25) is 5.28 Å². The lowest BCUT2D eigenvalue weighted by Crippen LogP contribution is -2.33. The first kappa shape index (κ1) is 12.4. The van der Waals surface area contributed by atoms with Crippen LogP contribution in [-0.2, 0) is 0 Å². The Hall–Kier alpha value is -1.66. The van der Waals surface area contributed by atoms with E-state index in [4.69, 9.17) is 11.6 Å². The van der Waals surface area contributed by atoms with Crippen molar-refractivity contribution in [2.24, 2.45) is 0 Å². The van der Waals surface area contributed by atoms with Crippen LogP contribution in [0.2, 0.25) is 5.28 Å². The Labute approximate surface area is 114 Å². The lowest BCUT2D eigenvalue weighted by Gasteiger charge is -2.24. The van der Waals surface area contributed by atoms with Crippen LogP contribution in [0, 0.1) is 0 Å². The highest BCUT2D eigenvalue weighted by Gasteiger charge is 2.27. The maximum absolute atomic E-state index is 11.0. The van der Waals surface area contributed by atoms with E-state index in [2.05, 4.69) is 10.1 Å². The number of fused-ring (bicyclic) bond motifs is 1. The summed E-state index contributed by atoms with van der Waals surface area (Å²) in [6.45, 7) is 0.894. The monoisotopic (exact) mass is 280 g/mol. The third-order valence-electron chi connectivity index (χ3n) is 3.48. The number of carbonyl (C=O) groups excluding carboxylic acids is 1. The molecule has 0 radical (unpaired) electrons. The van der Waals surface area contributed by atoms with Gasteiger partial charge in [0, 0.05) is 6.54 Å². The lowest BCUT2D eigenvalue weighted by molar-refractivity contribution is 0.111. The number of carbonyl (C=O) groups is 1. The molecule has 3 heterocycles. The first-order valence-electron chi connectivity index (χ1n) is 6.12. The number of nitrogens with zero attached hydrogens (tertiary/aromatic N) is 4. The normalized spacial score (nSPS) is 19.3. The van der Waals surface area contributed by atoms with Crippen molar-refractivity contribution in [1.82, 2.24) is 14.6 Å². The summed E-state index contributed by atoms with van der Waals surface area (Å²) in [6, 6.07) is 3.52. The second-order valence-electron chi connectivity index (χ2n) is 4.55. The quantitative estimate of drug-likeness (QED) is 0.854. The molecule has 0 aromatic carbocycles. The molecule has 6 nitrogen and oxygen atoms in total. The van der Waals surface area contributed by atoms with Gasteiger partial charge in [-0.05, 0) is 36.6 Å². The molecule has 0 amide bonds. The number of anilines is 1. The zero-order valence-corrected chi connectivity index (χ0v) is 10.9. The molecule has 1 atom stereocenters. The summed E-state index contributed by atoms with van der Waals surface area (Å²) in [5.41, 5.74) is 1.16. The second kappa shape index (κ2) is 4.79. The van der Waals surface area contributed by atoms with Crippen LogP contribution in [0.4, 0.5) is 5.82 Å². The van der Waals surface area contributed by atoms with E-state index in [-0.39, 0.29) is 17.9 Å². The summed E-state index contributed by atoms with van der Waals surface area (Å²) in [4.78, 5) is 17.3. The molecule has 1 N–H and O–H groups in total. The average Bonchev–Trinajstić information content (AvgIpc) is 3.03. The van der Waals surface area contributed by atoms with Crippen LogP contribution in [0.5, 0.6) is 0 Å². The van der Waals surface area contributed by atoms with Gasteiger partial charge in [0.05, 0.1) is 12.6 Å². The third kappa shape index (κ3) is 1.97. The van der Waals surface area contributed by atoms with Crippen molar-refractivity contribution < 1.29 is 9.90 Å². The Morgan fingerprint density at radius 3 is 3.11 bits per heavy atom. The first-order valence-corrected chi connectivity index (χ1v) is 6.50. The average molecular weight is 281 g/mol. The molecule has 0 unspecified atom stereocenters. The zero-order chi connectivity index (χ0) is 13.4. The number of hydrogen-bond donors (Lipinski definition) is 1. The summed E-state index contributed by atoms with van der Waals surface area (Å²) in [5, 5.41) is 13.5. The van der Waals surface area contributed by atoms with Crippen LogP contribution in [0.1, 0.15) is 23.3 Å². The fourth-order valence-electron chi connectivity index (χ4n) is 2.58. The summed E-state index contributed by atoms with van der Waals surface area (Å²) in [6.07, 6.45) is 2.65. The van der Waals surface area contributed by atoms with Crippen molar-refractivity contribution in [2.75, 3.05) is 18.1 Å². The number of rotatable bonds is 3. The molecule has 1 fully saturated rings. The highest BCUT2D eigenvalue weighted by Crippen LogP contribution is 2.28. The van der Waals surface area contributed by atoms with Crippen molar-refractivity contribution in [1.29, 1.82) is 0 Å². The molecular formula is C12H13ClN4O2. The van der Waals surface area contributed by atoms with Crippen molar-refractivity contribution in [3.8, 4) is 0 Å². The fraction of sp³-hybridized carbons (Fsp3) is 0.417. The Kier molecular flexibility index (Phi) is 3.12. The molecule has 1 aliphatic heterocycles. The summed E-state index contributed by atoms with van der Waals surface area (Å²) in [5.74, 6) is 0.671. The molecular weight excluding hydrogens is 268 g/mol. The first-order chi connectivity index (χ1) is 9.24. The minimum atomic E-state index is 0.0457. The van der Waals surface area contributed by atoms with Crippen LogP contribution in [0.25, 0.3) is 5.52 Å². The van der Waals surface area contributed by atoms with E-state index in [1.807, 2.05) is 4.90 Å². The van der Waals surface area contributed by atoms with Gasteiger partial charge in [-0.1, -0.05) is 0 Å². The van der Waals surface area contributed by atoms with Crippen LogP contribution in [-0.4, -0.2) is 45.2 Å². The highest BCUT2D eigenvalue weighted by atomic mass is 35.5. The Morgan fingerprint density at radius 1 is 1.53 bits per heavy atom. The van der Waals surface area contributed by atoms with Crippen LogP contribution in [0.15, 0.2) is 12.1 Å². The number of aliphatic hydroxyl groups excluding tert-OH is 1. The minimum absolute atomic E-state index is 0.0457. The predicted molar refractivity (Wildman–Crippen MR) is 70.8 cm³/mol. The molecule has 0 bridgehead atoms. The van der Waals surface area contributed by atoms with E-state index in [9.17, 15) is 9.90 Å². The Bertz CT molecular complexity index is 627. The standard InChI is InChI=1S/C12H13ClN4O2/c13-12-14-11(16-5-1-2-8(16)6-18)10-4-3-9(7-19)17(10)15-12/h3-4,7-8,18H,1-2,5-6H2/t8-/m0/s1. The van der Waals surface area contributed by atoms with Crippen molar-refractivity contribution in [2.45, 2.75) is 18.9 Å². The van der Waals surface area contributed by atoms with Gasteiger partial charge in [0.25, 0.3) is 0 Å². The molecule has 7 heteroatoms. The zero-order valence-electron chi connectivity index (χ0n) is 10.2. The molecule has 3 rings (SSSR count). The SMILES string of the molecule is O=Cc1ccc2c(N3CCC[C@H]3CO)nc(Cl)nn12. The van der Waals surface area contributed by atoms with Gasteiger partial charge >= 0.3 is 0 Å². The molecule has 1 aliphatic rings. The molecule has 19 heavy (non-hydrogen) atoms. The molecule has 100 valence electrons. The predicted octanol–water partition coefficient (Wildman–Crippen LogP) is 1.16. The topological polar surface area (TPSA) is 70.7 Å². The number of halogens is 1. The van der Waals surface area contributed by atoms with Crippen LogP contribution >= 0.6 is 11.6 Å². The molecule has 0 spiro atoms. The number of aromatic nitrogens is 3. The maximum Gasteiger partial charge on any atom is 0.243 e. The third-order valence-corrected chi connectivity index (χ3v) is 3.64. The van der Waals surface area contributed by atoms with Crippen molar-refractivity contribution in [3.63, 3.8) is 0 Å². The second-order valence-corrected chi connectivity index (χ2v) is 4.89. The molecule has 0 saturated carbocycles. The molecule has 0 aliphatic carbocycles. The van der Waals surface area contributed by atoms with Crippen molar-refractivity contribution in [3.05, 3.63) is 23.1 Å². The molecule has 2 aromatic rings. The van der Waals surface area contributed by atoms with Gasteiger partial charge in [-0.3, -0.25) is 4.79 Å². The number of aliphatic hydroxyl groups is 1. The maximum atomic E-state index is 11.0. The smallest absolute Gasteiger partial charge is 0.243 e. The highest BCUT2D eigenvalue weighted by molar-refractivity contribution is 6.28. The summed E-state index contributed by atoms with van der Waals surface area (Å²) in [7, 11) is 0. The van der Waals surface area contributed by atoms with E-state index in [0.29, 0.717) is 11.5 Å². The largest absolute Gasteiger partial charge is 0.394 e. The van der Waals surface area contributed by atoms with Gasteiger partial charge in [-0.2, -0.15) is 4.98 Å². The number of aldehydes is 1. The molecule has 1 saturated heterocycles. The van der Waals surface area contributed by atoms with Crippen molar-refractivity contribution >= 4 is 29.2 Å². The van der Waals surface area contributed by atoms with Gasteiger partial charge in [0.15, 0.2) is 12.1 Å².